The van der Waals surface area contributed by atoms with Gasteiger partial charge in [-0.2, -0.15) is 0 Å². The normalized spacial score (nSPS) is 12.1. The minimum absolute atomic E-state index is 0.216. The summed E-state index contributed by atoms with van der Waals surface area (Å²) in [5.41, 5.74) is 6.50. The molecule has 0 saturated carbocycles. The van der Waals surface area contributed by atoms with Gasteiger partial charge in [0.2, 0.25) is 0 Å². The lowest BCUT2D eigenvalue weighted by molar-refractivity contribution is 0.564. The van der Waals surface area contributed by atoms with E-state index in [4.69, 9.17) is 4.42 Å². The van der Waals surface area contributed by atoms with Gasteiger partial charge in [0.25, 0.3) is 0 Å². The van der Waals surface area contributed by atoms with Gasteiger partial charge in [0.1, 0.15) is 11.2 Å². The molecule has 0 fully saturated rings. The third-order valence-electron chi connectivity index (χ3n) is 7.48. The fourth-order valence-electron chi connectivity index (χ4n) is 6.02. The summed E-state index contributed by atoms with van der Waals surface area (Å²) in [6, 6.07) is 43.2. The van der Waals surface area contributed by atoms with Gasteiger partial charge in [0.05, 0.1) is 16.8 Å². The number of furan rings is 1. The van der Waals surface area contributed by atoms with Gasteiger partial charge in [0.15, 0.2) is 0 Å². The fourth-order valence-corrected chi connectivity index (χ4v) is 6.02. The van der Waals surface area contributed by atoms with Crippen LogP contribution in [0.4, 0.5) is 11.4 Å². The van der Waals surface area contributed by atoms with Gasteiger partial charge in [-0.3, -0.25) is 0 Å². The van der Waals surface area contributed by atoms with Crippen LogP contribution >= 0.6 is 0 Å². The molecular formula is C36H29NO. The summed E-state index contributed by atoms with van der Waals surface area (Å²) in [6.45, 7) is 6.88. The number of hydrogen-bond donors (Lipinski definition) is 0. The maximum Gasteiger partial charge on any atom is 0.137 e. The Labute approximate surface area is 222 Å². The highest BCUT2D eigenvalue weighted by Crippen LogP contribution is 2.49. The smallest absolute Gasteiger partial charge is 0.137 e. The predicted octanol–water partition coefficient (Wildman–Crippen LogP) is 10.5. The first-order valence-electron chi connectivity index (χ1n) is 13.2. The zero-order chi connectivity index (χ0) is 25.9. The van der Waals surface area contributed by atoms with Crippen LogP contribution in [0.3, 0.4) is 0 Å². The Morgan fingerprint density at radius 1 is 0.500 bits per heavy atom. The van der Waals surface area contributed by atoms with Gasteiger partial charge >= 0.3 is 0 Å². The fraction of sp³-hybridized carbons (Fsp3) is 0.111. The topological polar surface area (TPSA) is 16.4 Å². The zero-order valence-corrected chi connectivity index (χ0v) is 21.9. The molecule has 6 aromatic carbocycles. The van der Waals surface area contributed by atoms with E-state index in [1.54, 1.807) is 0 Å². The van der Waals surface area contributed by atoms with Crippen LogP contribution in [-0.4, -0.2) is 5.54 Å². The van der Waals surface area contributed by atoms with Crippen molar-refractivity contribution in [3.63, 3.8) is 0 Å². The van der Waals surface area contributed by atoms with E-state index < -0.39 is 0 Å². The molecular weight excluding hydrogens is 462 g/mol. The van der Waals surface area contributed by atoms with Crippen molar-refractivity contribution in [2.24, 2.45) is 0 Å². The molecule has 0 aliphatic rings. The number of benzene rings is 6. The second-order valence-corrected chi connectivity index (χ2v) is 10.9. The van der Waals surface area contributed by atoms with Gasteiger partial charge < -0.3 is 9.32 Å². The summed E-state index contributed by atoms with van der Waals surface area (Å²) in [6.07, 6.45) is 0. The highest BCUT2D eigenvalue weighted by molar-refractivity contribution is 6.23. The first-order chi connectivity index (χ1) is 18.5. The van der Waals surface area contributed by atoms with Crippen LogP contribution < -0.4 is 4.90 Å². The molecule has 0 aliphatic heterocycles. The molecule has 184 valence electrons. The lowest BCUT2D eigenvalue weighted by Gasteiger charge is -2.40. The van der Waals surface area contributed by atoms with Gasteiger partial charge in [-0.1, -0.05) is 103 Å². The summed E-state index contributed by atoms with van der Waals surface area (Å²) in [7, 11) is 0. The van der Waals surface area contributed by atoms with E-state index in [0.717, 1.165) is 27.6 Å². The summed E-state index contributed by atoms with van der Waals surface area (Å²) in [5.74, 6) is 0. The van der Waals surface area contributed by atoms with E-state index >= 15 is 0 Å². The van der Waals surface area contributed by atoms with Gasteiger partial charge in [0, 0.05) is 21.7 Å². The number of nitrogens with zero attached hydrogens (tertiary/aromatic N) is 1. The van der Waals surface area contributed by atoms with Gasteiger partial charge in [-0.15, -0.1) is 0 Å². The van der Waals surface area contributed by atoms with Crippen molar-refractivity contribution in [3.8, 4) is 11.1 Å². The minimum Gasteiger partial charge on any atom is -0.456 e. The predicted molar refractivity (Wildman–Crippen MR) is 163 cm³/mol. The van der Waals surface area contributed by atoms with Crippen molar-refractivity contribution < 1.29 is 4.42 Å². The van der Waals surface area contributed by atoms with Crippen molar-refractivity contribution in [2.45, 2.75) is 26.3 Å². The second kappa shape index (κ2) is 8.49. The molecule has 0 aliphatic carbocycles. The molecule has 2 heteroatoms. The van der Waals surface area contributed by atoms with Crippen molar-refractivity contribution >= 4 is 54.9 Å². The maximum atomic E-state index is 6.32. The molecule has 0 radical (unpaired) electrons. The Bertz CT molecular complexity index is 1900. The van der Waals surface area contributed by atoms with Crippen molar-refractivity contribution in [1.29, 1.82) is 0 Å². The third kappa shape index (κ3) is 3.41. The summed E-state index contributed by atoms with van der Waals surface area (Å²) < 4.78 is 6.32. The second-order valence-electron chi connectivity index (χ2n) is 10.9. The molecule has 7 rings (SSSR count). The average molecular weight is 492 g/mol. The van der Waals surface area contributed by atoms with Crippen LogP contribution in [0.25, 0.3) is 54.6 Å². The van der Waals surface area contributed by atoms with Crippen LogP contribution in [0.1, 0.15) is 20.8 Å². The third-order valence-corrected chi connectivity index (χ3v) is 7.48. The highest BCUT2D eigenvalue weighted by Gasteiger charge is 2.30. The minimum atomic E-state index is -0.216. The molecule has 0 N–H and O–H groups in total. The van der Waals surface area contributed by atoms with Gasteiger partial charge in [-0.05, 0) is 60.9 Å². The largest absolute Gasteiger partial charge is 0.456 e. The first kappa shape index (κ1) is 22.6. The lowest BCUT2D eigenvalue weighted by Crippen LogP contribution is -2.38. The Hall–Kier alpha value is -4.56. The summed E-state index contributed by atoms with van der Waals surface area (Å²) in [5, 5.41) is 7.28. The monoisotopic (exact) mass is 491 g/mol. The zero-order valence-electron chi connectivity index (χ0n) is 21.9. The number of rotatable bonds is 3. The van der Waals surface area contributed by atoms with Crippen LogP contribution in [-0.2, 0) is 0 Å². The first-order valence-corrected chi connectivity index (χ1v) is 13.2. The number of para-hydroxylation sites is 1. The van der Waals surface area contributed by atoms with Crippen molar-refractivity contribution in [2.75, 3.05) is 4.90 Å². The molecule has 0 bridgehead atoms. The van der Waals surface area contributed by atoms with Crippen LogP contribution in [0.5, 0.6) is 0 Å². The standard InChI is InChI=1S/C36H29NO/c1-36(2,3)37(30-21-13-23-32-34(30)29-20-11-12-22-31(29)38-32)35-27-18-9-7-16-25(27)33(24-14-5-4-6-15-24)26-17-8-10-19-28(26)35/h4-23H,1-3H3. The number of hydrogen-bond acceptors (Lipinski definition) is 2. The molecule has 38 heavy (non-hydrogen) atoms. The molecule has 0 spiro atoms. The summed E-state index contributed by atoms with van der Waals surface area (Å²) >= 11 is 0. The lowest BCUT2D eigenvalue weighted by atomic mass is 9.88. The van der Waals surface area contributed by atoms with Crippen LogP contribution in [0.15, 0.2) is 126 Å². The molecule has 0 unspecified atom stereocenters. The Kier molecular flexibility index (Phi) is 5.06. The number of anilines is 2. The average Bonchev–Trinajstić information content (AvgIpc) is 3.32. The number of fused-ring (bicyclic) bond motifs is 5. The molecule has 0 saturated heterocycles. The Balaban J connectivity index is 1.66. The quantitative estimate of drug-likeness (QED) is 0.229. The van der Waals surface area contributed by atoms with E-state index in [0.29, 0.717) is 0 Å². The van der Waals surface area contributed by atoms with E-state index in [-0.39, 0.29) is 5.54 Å². The van der Waals surface area contributed by atoms with E-state index in [1.807, 2.05) is 6.07 Å². The SMILES string of the molecule is CC(C)(C)N(c1c2ccccc2c(-c2ccccc2)c2ccccc12)c1cccc2oc3ccccc3c12. The molecule has 7 aromatic rings. The van der Waals surface area contributed by atoms with Crippen LogP contribution in [0.2, 0.25) is 0 Å². The molecule has 1 aromatic heterocycles. The molecule has 1 heterocycles. The molecule has 0 amide bonds. The maximum absolute atomic E-state index is 6.32. The van der Waals surface area contributed by atoms with Crippen LogP contribution in [0, 0.1) is 0 Å². The molecule has 2 nitrogen and oxygen atoms in total. The Morgan fingerprint density at radius 3 is 1.66 bits per heavy atom. The van der Waals surface area contributed by atoms with Crippen molar-refractivity contribution in [1.82, 2.24) is 0 Å². The van der Waals surface area contributed by atoms with E-state index in [9.17, 15) is 0 Å². The molecule has 0 atom stereocenters. The van der Waals surface area contributed by atoms with E-state index in [2.05, 4.69) is 141 Å². The summed E-state index contributed by atoms with van der Waals surface area (Å²) in [4.78, 5) is 2.52. The highest BCUT2D eigenvalue weighted by atomic mass is 16.3. The Morgan fingerprint density at radius 2 is 1.03 bits per heavy atom. The van der Waals surface area contributed by atoms with Crippen molar-refractivity contribution in [3.05, 3.63) is 121 Å². The van der Waals surface area contributed by atoms with E-state index in [1.165, 1.54) is 38.4 Å². The van der Waals surface area contributed by atoms with Gasteiger partial charge in [-0.25, -0.2) is 0 Å².